The number of nitrogens with zero attached hydrogens (tertiary/aromatic N) is 2. The number of nitrogens with one attached hydrogen (secondary N) is 1. The van der Waals surface area contributed by atoms with Crippen LogP contribution in [0.4, 0.5) is 0 Å². The molecule has 0 radical (unpaired) electrons. The minimum Gasteiger partial charge on any atom is -0.496 e. The van der Waals surface area contributed by atoms with E-state index in [0.29, 0.717) is 29.4 Å². The molecule has 0 aliphatic rings. The van der Waals surface area contributed by atoms with Gasteiger partial charge in [-0.2, -0.15) is 0 Å². The summed E-state index contributed by atoms with van der Waals surface area (Å²) in [4.78, 5) is 21.6. The average Bonchev–Trinajstić information content (AvgIpc) is 2.97. The van der Waals surface area contributed by atoms with E-state index in [1.54, 1.807) is 30.3 Å². The fourth-order valence-corrected chi connectivity index (χ4v) is 2.25. The Morgan fingerprint density at radius 2 is 1.74 bits per heavy atom. The number of imidazole rings is 1. The molecule has 2 aromatic rings. The molecule has 1 aromatic heterocycles. The third-order valence-corrected chi connectivity index (χ3v) is 3.43. The minimum atomic E-state index is -0.197. The van der Waals surface area contributed by atoms with Gasteiger partial charge < -0.3 is 24.1 Å². The molecule has 0 saturated heterocycles. The first-order valence-corrected chi connectivity index (χ1v) is 7.06. The predicted molar refractivity (Wildman–Crippen MR) is 85.2 cm³/mol. The Hall–Kier alpha value is -2.70. The number of hydrogen-bond donors (Lipinski definition) is 1. The molecule has 0 saturated carbocycles. The Labute approximate surface area is 135 Å². The Kier molecular flexibility index (Phi) is 5.10. The number of ether oxygens (including phenoxy) is 3. The molecule has 1 heterocycles. The molecule has 0 spiro atoms. The van der Waals surface area contributed by atoms with Crippen LogP contribution in [0.1, 0.15) is 21.9 Å². The van der Waals surface area contributed by atoms with Crippen LogP contribution in [0.15, 0.2) is 18.3 Å². The zero-order valence-electron chi connectivity index (χ0n) is 14.0. The van der Waals surface area contributed by atoms with Crippen molar-refractivity contribution < 1.29 is 19.0 Å². The number of amides is 1. The molecule has 1 amide bonds. The first-order chi connectivity index (χ1) is 11.0. The standard InChI is InChI=1S/C16H21N3O4/c1-10-8-17-15(18-10)9-19(2)16(20)11-6-13(22-4)14(23-5)7-12(11)21-3/h6-8H,9H2,1-5H3,(H,17,18). The van der Waals surface area contributed by atoms with E-state index >= 15 is 0 Å². The van der Waals surface area contributed by atoms with E-state index < -0.39 is 0 Å². The number of methoxy groups -OCH3 is 3. The molecular weight excluding hydrogens is 298 g/mol. The van der Waals surface area contributed by atoms with E-state index in [1.807, 2.05) is 6.92 Å². The highest BCUT2D eigenvalue weighted by atomic mass is 16.5. The fourth-order valence-electron chi connectivity index (χ4n) is 2.25. The van der Waals surface area contributed by atoms with Crippen molar-refractivity contribution in [2.45, 2.75) is 13.5 Å². The van der Waals surface area contributed by atoms with E-state index in [-0.39, 0.29) is 5.91 Å². The van der Waals surface area contributed by atoms with Crippen LogP contribution in [0.5, 0.6) is 17.2 Å². The molecule has 0 aliphatic heterocycles. The van der Waals surface area contributed by atoms with Gasteiger partial charge in [-0.25, -0.2) is 4.98 Å². The number of aryl methyl sites for hydroxylation is 1. The van der Waals surface area contributed by atoms with Gasteiger partial charge in [0, 0.05) is 31.1 Å². The third kappa shape index (κ3) is 3.56. The monoisotopic (exact) mass is 319 g/mol. The highest BCUT2D eigenvalue weighted by molar-refractivity contribution is 5.97. The maximum absolute atomic E-state index is 12.7. The summed E-state index contributed by atoms with van der Waals surface area (Å²) in [5, 5.41) is 0. The van der Waals surface area contributed by atoms with Crippen LogP contribution in [0.25, 0.3) is 0 Å². The number of carbonyl (C=O) groups excluding carboxylic acids is 1. The van der Waals surface area contributed by atoms with E-state index in [2.05, 4.69) is 9.97 Å². The second kappa shape index (κ2) is 7.04. The first-order valence-electron chi connectivity index (χ1n) is 7.06. The van der Waals surface area contributed by atoms with E-state index in [9.17, 15) is 4.79 Å². The lowest BCUT2D eigenvalue weighted by Crippen LogP contribution is -2.27. The predicted octanol–water partition coefficient (Wildman–Crippen LogP) is 2.02. The second-order valence-electron chi connectivity index (χ2n) is 5.08. The molecule has 1 N–H and O–H groups in total. The molecule has 124 valence electrons. The minimum absolute atomic E-state index is 0.197. The molecule has 1 aromatic carbocycles. The molecule has 0 aliphatic carbocycles. The van der Waals surface area contributed by atoms with Crippen LogP contribution in [0.3, 0.4) is 0 Å². The quantitative estimate of drug-likeness (QED) is 0.881. The summed E-state index contributed by atoms with van der Waals surface area (Å²) < 4.78 is 15.8. The van der Waals surface area contributed by atoms with E-state index in [0.717, 1.165) is 11.5 Å². The number of H-pyrrole nitrogens is 1. The normalized spacial score (nSPS) is 10.3. The van der Waals surface area contributed by atoms with Crippen LogP contribution in [0.2, 0.25) is 0 Å². The zero-order valence-corrected chi connectivity index (χ0v) is 14.0. The SMILES string of the molecule is COc1cc(OC)c(C(=O)N(C)Cc2ncc(C)[nH]2)cc1OC. The van der Waals surface area contributed by atoms with E-state index in [1.165, 1.54) is 21.3 Å². The van der Waals surface area contributed by atoms with E-state index in [4.69, 9.17) is 14.2 Å². The van der Waals surface area contributed by atoms with Gasteiger partial charge in [-0.1, -0.05) is 0 Å². The average molecular weight is 319 g/mol. The van der Waals surface area contributed by atoms with Gasteiger partial charge in [0.15, 0.2) is 11.5 Å². The van der Waals surface area contributed by atoms with Gasteiger partial charge in [-0.15, -0.1) is 0 Å². The number of aromatic nitrogens is 2. The van der Waals surface area contributed by atoms with Gasteiger partial charge in [0.2, 0.25) is 0 Å². The van der Waals surface area contributed by atoms with Gasteiger partial charge in [0.25, 0.3) is 5.91 Å². The zero-order chi connectivity index (χ0) is 17.0. The van der Waals surface area contributed by atoms with Crippen molar-refractivity contribution in [3.8, 4) is 17.2 Å². The molecular formula is C16H21N3O4. The van der Waals surface area contributed by atoms with Crippen molar-refractivity contribution in [2.75, 3.05) is 28.4 Å². The summed E-state index contributed by atoms with van der Waals surface area (Å²) in [5.74, 6) is 1.92. The van der Waals surface area contributed by atoms with Crippen LogP contribution >= 0.6 is 0 Å². The molecule has 2 rings (SSSR count). The number of carbonyl (C=O) groups is 1. The first kappa shape index (κ1) is 16.7. The molecule has 23 heavy (non-hydrogen) atoms. The van der Waals surface area contributed by atoms with Crippen molar-refractivity contribution in [1.82, 2.24) is 14.9 Å². The highest BCUT2D eigenvalue weighted by Crippen LogP contribution is 2.35. The Morgan fingerprint density at radius 3 is 2.26 bits per heavy atom. The van der Waals surface area contributed by atoms with Crippen LogP contribution in [-0.2, 0) is 6.54 Å². The van der Waals surface area contributed by atoms with Crippen molar-refractivity contribution in [3.63, 3.8) is 0 Å². The summed E-state index contributed by atoms with van der Waals surface area (Å²) >= 11 is 0. The topological polar surface area (TPSA) is 76.7 Å². The lowest BCUT2D eigenvalue weighted by Gasteiger charge is -2.19. The third-order valence-electron chi connectivity index (χ3n) is 3.43. The highest BCUT2D eigenvalue weighted by Gasteiger charge is 2.21. The van der Waals surface area contributed by atoms with Crippen LogP contribution in [0, 0.1) is 6.92 Å². The number of rotatable bonds is 6. The van der Waals surface area contributed by atoms with Gasteiger partial charge in [0.1, 0.15) is 11.6 Å². The van der Waals surface area contributed by atoms with Crippen LogP contribution < -0.4 is 14.2 Å². The molecule has 0 unspecified atom stereocenters. The number of hydrogen-bond acceptors (Lipinski definition) is 5. The smallest absolute Gasteiger partial charge is 0.257 e. The Balaban J connectivity index is 2.29. The maximum atomic E-state index is 12.7. The van der Waals surface area contributed by atoms with Gasteiger partial charge in [-0.05, 0) is 6.92 Å². The van der Waals surface area contributed by atoms with Gasteiger partial charge in [-0.3, -0.25) is 4.79 Å². The summed E-state index contributed by atoms with van der Waals surface area (Å²) in [6.45, 7) is 2.28. The van der Waals surface area contributed by atoms with Crippen molar-refractivity contribution in [1.29, 1.82) is 0 Å². The van der Waals surface area contributed by atoms with Crippen molar-refractivity contribution in [3.05, 3.63) is 35.4 Å². The molecule has 7 nitrogen and oxygen atoms in total. The van der Waals surface area contributed by atoms with Crippen LogP contribution in [-0.4, -0.2) is 49.2 Å². The summed E-state index contributed by atoms with van der Waals surface area (Å²) in [6, 6.07) is 3.25. The number of benzene rings is 1. The van der Waals surface area contributed by atoms with Crippen molar-refractivity contribution in [2.24, 2.45) is 0 Å². The van der Waals surface area contributed by atoms with Crippen molar-refractivity contribution >= 4 is 5.91 Å². The van der Waals surface area contributed by atoms with Gasteiger partial charge >= 0.3 is 0 Å². The van der Waals surface area contributed by atoms with Gasteiger partial charge in [0.05, 0.1) is 33.4 Å². The summed E-state index contributed by atoms with van der Waals surface area (Å²) in [6.07, 6.45) is 1.73. The molecule has 0 atom stereocenters. The maximum Gasteiger partial charge on any atom is 0.257 e. The summed E-state index contributed by atoms with van der Waals surface area (Å²) in [5.41, 5.74) is 1.35. The largest absolute Gasteiger partial charge is 0.496 e. The Bertz CT molecular complexity index is 697. The molecule has 0 bridgehead atoms. The second-order valence-corrected chi connectivity index (χ2v) is 5.08. The lowest BCUT2D eigenvalue weighted by atomic mass is 10.1. The lowest BCUT2D eigenvalue weighted by molar-refractivity contribution is 0.0778. The molecule has 7 heteroatoms. The summed E-state index contributed by atoms with van der Waals surface area (Å²) in [7, 11) is 6.27. The molecule has 0 fully saturated rings. The fraction of sp³-hybridized carbons (Fsp3) is 0.375. The number of aromatic amines is 1. The Morgan fingerprint density at radius 1 is 1.13 bits per heavy atom.